The minimum absolute atomic E-state index is 0.0132. The molecule has 2 aromatic carbocycles. The number of amides is 1. The molecule has 4 nitrogen and oxygen atoms in total. The number of hydrogen-bond donors (Lipinski definition) is 1. The molecule has 0 radical (unpaired) electrons. The molecule has 0 aliphatic heterocycles. The summed E-state index contributed by atoms with van der Waals surface area (Å²) in [6.45, 7) is 2.21. The van der Waals surface area contributed by atoms with E-state index in [2.05, 4.69) is 12.2 Å². The van der Waals surface area contributed by atoms with Gasteiger partial charge in [0.15, 0.2) is 0 Å². The first-order chi connectivity index (χ1) is 13.2. The van der Waals surface area contributed by atoms with Crippen LogP contribution in [0.4, 0.5) is 5.69 Å². The number of anilines is 1. The monoisotopic (exact) mass is 363 g/mol. The molecule has 1 aliphatic carbocycles. The van der Waals surface area contributed by atoms with Crippen LogP contribution in [-0.2, 0) is 4.79 Å². The van der Waals surface area contributed by atoms with Crippen molar-refractivity contribution in [2.24, 2.45) is 11.8 Å². The van der Waals surface area contributed by atoms with Gasteiger partial charge in [0.25, 0.3) is 0 Å². The summed E-state index contributed by atoms with van der Waals surface area (Å²) in [4.78, 5) is 25.0. The smallest absolute Gasteiger partial charge is 0.360 e. The second kappa shape index (κ2) is 7.55. The quantitative estimate of drug-likeness (QED) is 0.492. The van der Waals surface area contributed by atoms with Gasteiger partial charge >= 0.3 is 5.63 Å². The highest BCUT2D eigenvalue weighted by Gasteiger charge is 2.26. The lowest BCUT2D eigenvalue weighted by Gasteiger charge is -2.27. The van der Waals surface area contributed by atoms with E-state index in [0.29, 0.717) is 5.58 Å². The highest BCUT2D eigenvalue weighted by atomic mass is 16.4. The van der Waals surface area contributed by atoms with Gasteiger partial charge < -0.3 is 9.73 Å². The first kappa shape index (κ1) is 17.8. The zero-order valence-corrected chi connectivity index (χ0v) is 15.7. The summed E-state index contributed by atoms with van der Waals surface area (Å²) in [6, 6.07) is 13.5. The summed E-state index contributed by atoms with van der Waals surface area (Å²) in [5, 5.41) is 5.76. The normalized spacial score (nSPS) is 20.0. The first-order valence-electron chi connectivity index (χ1n) is 9.92. The zero-order valence-electron chi connectivity index (χ0n) is 15.7. The number of nitrogens with one attached hydrogen (secondary N) is 1. The van der Waals surface area contributed by atoms with Crippen molar-refractivity contribution in [2.45, 2.75) is 45.4 Å². The van der Waals surface area contributed by atoms with Crippen molar-refractivity contribution in [3.63, 3.8) is 0 Å². The van der Waals surface area contributed by atoms with E-state index in [0.717, 1.165) is 47.8 Å². The summed E-state index contributed by atoms with van der Waals surface area (Å²) in [6.07, 6.45) is 6.45. The fourth-order valence-corrected chi connectivity index (χ4v) is 4.32. The molecule has 1 aromatic heterocycles. The van der Waals surface area contributed by atoms with Gasteiger partial charge in [-0.25, -0.2) is 4.79 Å². The molecule has 0 spiro atoms. The van der Waals surface area contributed by atoms with Gasteiger partial charge in [0, 0.05) is 11.3 Å². The molecule has 0 unspecified atom stereocenters. The van der Waals surface area contributed by atoms with Gasteiger partial charge in [0.2, 0.25) is 5.91 Å². The summed E-state index contributed by atoms with van der Waals surface area (Å²) < 4.78 is 5.47. The second-order valence-corrected chi connectivity index (χ2v) is 7.64. The average molecular weight is 363 g/mol. The molecular weight excluding hydrogens is 338 g/mol. The van der Waals surface area contributed by atoms with E-state index in [1.54, 1.807) is 12.1 Å². The Bertz CT molecular complexity index is 1030. The summed E-state index contributed by atoms with van der Waals surface area (Å²) in [5.41, 5.74) is 0.280. The van der Waals surface area contributed by atoms with Gasteiger partial charge in [-0.05, 0) is 54.5 Å². The van der Waals surface area contributed by atoms with Crippen LogP contribution in [0.15, 0.2) is 51.7 Å². The number of fused-ring (bicyclic) bond motifs is 3. The Morgan fingerprint density at radius 2 is 1.85 bits per heavy atom. The summed E-state index contributed by atoms with van der Waals surface area (Å²) >= 11 is 0. The number of carbonyl (C=O) groups excluding carboxylic acids is 1. The molecule has 0 atom stereocenters. The molecule has 140 valence electrons. The minimum atomic E-state index is -0.495. The number of carbonyl (C=O) groups is 1. The Hall–Kier alpha value is -2.62. The van der Waals surface area contributed by atoms with E-state index in [1.807, 2.05) is 30.3 Å². The molecule has 1 amide bonds. The lowest BCUT2D eigenvalue weighted by Crippen LogP contribution is -2.29. The fourth-order valence-electron chi connectivity index (χ4n) is 4.32. The number of benzene rings is 2. The van der Waals surface area contributed by atoms with Gasteiger partial charge in [0.1, 0.15) is 11.3 Å². The van der Waals surface area contributed by atoms with E-state index in [-0.39, 0.29) is 17.5 Å². The summed E-state index contributed by atoms with van der Waals surface area (Å²) in [7, 11) is 0. The Kier molecular flexibility index (Phi) is 4.97. The van der Waals surface area contributed by atoms with Crippen LogP contribution >= 0.6 is 0 Å². The van der Waals surface area contributed by atoms with Gasteiger partial charge in [-0.2, -0.15) is 0 Å². The van der Waals surface area contributed by atoms with Crippen molar-refractivity contribution >= 4 is 33.3 Å². The van der Waals surface area contributed by atoms with Gasteiger partial charge in [-0.1, -0.05) is 50.1 Å². The molecule has 0 bridgehead atoms. The fraction of sp³-hybridized carbons (Fsp3) is 0.391. The van der Waals surface area contributed by atoms with E-state index in [1.165, 1.54) is 12.8 Å². The molecule has 1 fully saturated rings. The Morgan fingerprint density at radius 3 is 2.63 bits per heavy atom. The molecule has 3 aromatic rings. The topological polar surface area (TPSA) is 59.3 Å². The van der Waals surface area contributed by atoms with Crippen LogP contribution in [0.3, 0.4) is 0 Å². The molecule has 0 saturated heterocycles. The predicted molar refractivity (Wildman–Crippen MR) is 109 cm³/mol. The van der Waals surface area contributed by atoms with Crippen molar-refractivity contribution < 1.29 is 9.21 Å². The number of rotatable bonds is 4. The van der Waals surface area contributed by atoms with Crippen molar-refractivity contribution in [2.75, 3.05) is 5.32 Å². The van der Waals surface area contributed by atoms with Crippen LogP contribution in [0.25, 0.3) is 21.7 Å². The molecule has 1 N–H and O–H groups in total. The SMILES string of the molecule is CCCC1CCC(C(=O)Nc2cc3c(ccc4ccccc43)oc2=O)CC1. The molecular formula is C23H25NO3. The Morgan fingerprint density at radius 1 is 1.07 bits per heavy atom. The lowest BCUT2D eigenvalue weighted by molar-refractivity contribution is -0.121. The predicted octanol–water partition coefficient (Wildman–Crippen LogP) is 5.49. The van der Waals surface area contributed by atoms with Crippen molar-refractivity contribution in [3.05, 3.63) is 52.9 Å². The van der Waals surface area contributed by atoms with E-state index in [9.17, 15) is 9.59 Å². The molecule has 27 heavy (non-hydrogen) atoms. The third-order valence-electron chi connectivity index (χ3n) is 5.81. The maximum absolute atomic E-state index is 12.7. The van der Waals surface area contributed by atoms with Gasteiger partial charge in [-0.3, -0.25) is 4.79 Å². The Balaban J connectivity index is 1.58. The highest BCUT2D eigenvalue weighted by molar-refractivity contribution is 6.07. The molecule has 4 rings (SSSR count). The van der Waals surface area contributed by atoms with Crippen LogP contribution in [0.5, 0.6) is 0 Å². The standard InChI is InChI=1S/C23H25NO3/c1-2-5-15-8-10-17(11-9-15)22(25)24-20-14-19-18-7-4-3-6-16(18)12-13-21(19)27-23(20)26/h3-4,6-7,12-15,17H,2,5,8-11H2,1H3,(H,24,25). The van der Waals surface area contributed by atoms with E-state index in [4.69, 9.17) is 4.42 Å². The number of hydrogen-bond acceptors (Lipinski definition) is 3. The van der Waals surface area contributed by atoms with E-state index >= 15 is 0 Å². The highest BCUT2D eigenvalue weighted by Crippen LogP contribution is 2.32. The maximum Gasteiger partial charge on any atom is 0.360 e. The average Bonchev–Trinajstić information content (AvgIpc) is 2.69. The van der Waals surface area contributed by atoms with Crippen LogP contribution in [0.1, 0.15) is 45.4 Å². The zero-order chi connectivity index (χ0) is 18.8. The second-order valence-electron chi connectivity index (χ2n) is 7.64. The van der Waals surface area contributed by atoms with Crippen molar-refractivity contribution in [1.29, 1.82) is 0 Å². The van der Waals surface area contributed by atoms with Crippen molar-refractivity contribution in [1.82, 2.24) is 0 Å². The third kappa shape index (κ3) is 3.61. The van der Waals surface area contributed by atoms with Crippen LogP contribution in [0, 0.1) is 11.8 Å². The maximum atomic E-state index is 12.7. The minimum Gasteiger partial charge on any atom is -0.421 e. The summed E-state index contributed by atoms with van der Waals surface area (Å²) in [5.74, 6) is 0.675. The van der Waals surface area contributed by atoms with Gasteiger partial charge in [-0.15, -0.1) is 0 Å². The van der Waals surface area contributed by atoms with E-state index < -0.39 is 5.63 Å². The Labute approximate surface area is 158 Å². The molecule has 1 aliphatic rings. The van der Waals surface area contributed by atoms with Crippen LogP contribution in [-0.4, -0.2) is 5.91 Å². The molecule has 1 saturated carbocycles. The van der Waals surface area contributed by atoms with Gasteiger partial charge in [0.05, 0.1) is 0 Å². The molecule has 4 heteroatoms. The van der Waals surface area contributed by atoms with Crippen LogP contribution < -0.4 is 10.9 Å². The molecule has 1 heterocycles. The largest absolute Gasteiger partial charge is 0.421 e. The third-order valence-corrected chi connectivity index (χ3v) is 5.81. The first-order valence-corrected chi connectivity index (χ1v) is 9.92. The van der Waals surface area contributed by atoms with Crippen LogP contribution in [0.2, 0.25) is 0 Å². The van der Waals surface area contributed by atoms with Crippen molar-refractivity contribution in [3.8, 4) is 0 Å². The lowest BCUT2D eigenvalue weighted by atomic mass is 9.80.